The van der Waals surface area contributed by atoms with Gasteiger partial charge in [-0.2, -0.15) is 0 Å². The van der Waals surface area contributed by atoms with Gasteiger partial charge in [0.15, 0.2) is 6.10 Å². The SMILES string of the molecule is C=CCCCCCCC(=O)OC[C@H](COP(=S)([S-])OCC[N+](C)(C)C)OC(=O)CCCCCCC=C. The molecule has 0 saturated heterocycles. The van der Waals surface area contributed by atoms with Crippen molar-refractivity contribution in [3.05, 3.63) is 25.3 Å². The number of allylic oxidation sites excluding steroid dienone is 2. The van der Waals surface area contributed by atoms with Crippen LogP contribution in [0.3, 0.4) is 0 Å². The van der Waals surface area contributed by atoms with Crippen LogP contribution in [0.4, 0.5) is 0 Å². The molecule has 0 aliphatic heterocycles. The maximum atomic E-state index is 12.4. The largest absolute Gasteiger partial charge is 0.691 e. The summed E-state index contributed by atoms with van der Waals surface area (Å²) in [4.78, 5) is 24.5. The van der Waals surface area contributed by atoms with Gasteiger partial charge in [0.2, 0.25) is 0 Å². The Morgan fingerprint density at radius 1 is 0.861 bits per heavy atom. The third-order valence-corrected chi connectivity index (χ3v) is 7.47. The van der Waals surface area contributed by atoms with Gasteiger partial charge in [0, 0.05) is 12.8 Å². The number of rotatable bonds is 24. The summed E-state index contributed by atoms with van der Waals surface area (Å²) < 4.78 is 22.9. The maximum absolute atomic E-state index is 12.4. The van der Waals surface area contributed by atoms with E-state index >= 15 is 0 Å². The van der Waals surface area contributed by atoms with Gasteiger partial charge in [-0.1, -0.05) is 49.6 Å². The Morgan fingerprint density at radius 2 is 1.39 bits per heavy atom. The van der Waals surface area contributed by atoms with Crippen molar-refractivity contribution in [2.75, 3.05) is 47.5 Å². The van der Waals surface area contributed by atoms with E-state index in [0.29, 0.717) is 23.9 Å². The summed E-state index contributed by atoms with van der Waals surface area (Å²) in [5, 5.41) is 0. The monoisotopic (exact) mass is 565 g/mol. The highest BCUT2D eigenvalue weighted by molar-refractivity contribution is 8.51. The maximum Gasteiger partial charge on any atom is 0.306 e. The standard InChI is InChI=1S/C26H48NO6PS2/c1-6-8-10-12-14-16-18-25(28)30-22-24(33-26(29)19-17-15-13-11-9-7-2)23-32-34(35,36)31-21-20-27(3,4)5/h6-7,24H,1-2,8-23H2,3-5H3/t24-/m1/s1. The summed E-state index contributed by atoms with van der Waals surface area (Å²) in [6.45, 7) is 8.38. The second kappa shape index (κ2) is 21.3. The lowest BCUT2D eigenvalue weighted by Gasteiger charge is -2.32. The number of nitrogens with zero attached hydrogens (tertiary/aromatic N) is 1. The Hall–Kier alpha value is -0.700. The van der Waals surface area contributed by atoms with Crippen molar-refractivity contribution in [1.82, 2.24) is 0 Å². The molecule has 36 heavy (non-hydrogen) atoms. The van der Waals surface area contributed by atoms with E-state index < -0.39 is 11.8 Å². The van der Waals surface area contributed by atoms with Crippen LogP contribution in [0.5, 0.6) is 0 Å². The minimum atomic E-state index is -2.93. The van der Waals surface area contributed by atoms with E-state index in [9.17, 15) is 9.59 Å². The zero-order valence-electron chi connectivity index (χ0n) is 22.6. The van der Waals surface area contributed by atoms with Crippen LogP contribution >= 0.6 is 5.69 Å². The Bertz CT molecular complexity index is 684. The van der Waals surface area contributed by atoms with Gasteiger partial charge >= 0.3 is 11.9 Å². The molecule has 0 aliphatic rings. The van der Waals surface area contributed by atoms with Gasteiger partial charge in [-0.3, -0.25) is 9.59 Å². The molecule has 0 aliphatic carbocycles. The molecule has 0 aromatic rings. The first kappa shape index (κ1) is 35.3. The quantitative estimate of drug-likeness (QED) is 0.0352. The Balaban J connectivity index is 4.62. The van der Waals surface area contributed by atoms with Crippen LogP contribution in [0.1, 0.15) is 77.0 Å². The van der Waals surface area contributed by atoms with Gasteiger partial charge in [-0.05, 0) is 38.5 Å². The number of likely N-dealkylation sites (N-methyl/N-ethyl adjacent to an activating group) is 1. The molecule has 1 unspecified atom stereocenters. The number of unbranched alkanes of at least 4 members (excludes halogenated alkanes) is 8. The number of carbonyl (C=O) groups is 2. The predicted molar refractivity (Wildman–Crippen MR) is 153 cm³/mol. The summed E-state index contributed by atoms with van der Waals surface area (Å²) in [6.07, 6.45) is 13.3. The summed E-state index contributed by atoms with van der Waals surface area (Å²) in [5.41, 5.74) is -2.93. The molecule has 0 bridgehead atoms. The highest BCUT2D eigenvalue weighted by Crippen LogP contribution is 2.46. The summed E-state index contributed by atoms with van der Waals surface area (Å²) in [7, 11) is 6.13. The lowest BCUT2D eigenvalue weighted by Crippen LogP contribution is -2.37. The molecule has 2 atom stereocenters. The minimum absolute atomic E-state index is 0.0644. The van der Waals surface area contributed by atoms with Crippen molar-refractivity contribution >= 4 is 41.7 Å². The molecule has 0 N–H and O–H groups in total. The molecular weight excluding hydrogens is 517 g/mol. The molecule has 0 heterocycles. The summed E-state index contributed by atoms with van der Waals surface area (Å²) in [6, 6.07) is 0. The Labute approximate surface area is 229 Å². The molecule has 0 aromatic heterocycles. The number of hydrogen-bond acceptors (Lipinski definition) is 8. The van der Waals surface area contributed by atoms with Gasteiger partial charge in [-0.25, -0.2) is 0 Å². The first-order valence-corrected chi connectivity index (χ1v) is 16.6. The highest BCUT2D eigenvalue weighted by Gasteiger charge is 2.19. The molecule has 7 nitrogen and oxygen atoms in total. The van der Waals surface area contributed by atoms with Crippen LogP contribution in [0, 0.1) is 0 Å². The molecular formula is C26H48NO6PS2. The topological polar surface area (TPSA) is 71.1 Å². The smallest absolute Gasteiger partial charge is 0.306 e. The van der Waals surface area contributed by atoms with Crippen molar-refractivity contribution in [3.8, 4) is 0 Å². The van der Waals surface area contributed by atoms with Crippen LogP contribution in [0.25, 0.3) is 0 Å². The average Bonchev–Trinajstić information content (AvgIpc) is 2.79. The van der Waals surface area contributed by atoms with Crippen molar-refractivity contribution in [2.45, 2.75) is 83.2 Å². The first-order chi connectivity index (χ1) is 17.0. The molecule has 210 valence electrons. The molecule has 0 spiro atoms. The molecule has 0 aromatic carbocycles. The van der Waals surface area contributed by atoms with Gasteiger partial charge in [0.1, 0.15) is 19.8 Å². The van der Waals surface area contributed by atoms with E-state index in [4.69, 9.17) is 42.6 Å². The third kappa shape index (κ3) is 23.7. The van der Waals surface area contributed by atoms with Crippen molar-refractivity contribution in [2.24, 2.45) is 0 Å². The van der Waals surface area contributed by atoms with Crippen molar-refractivity contribution in [1.29, 1.82) is 0 Å². The van der Waals surface area contributed by atoms with E-state index in [1.54, 1.807) is 0 Å². The van der Waals surface area contributed by atoms with Crippen LogP contribution < -0.4 is 0 Å². The molecule has 0 fully saturated rings. The molecule has 0 radical (unpaired) electrons. The van der Waals surface area contributed by atoms with Crippen LogP contribution in [0.15, 0.2) is 25.3 Å². The molecule has 10 heteroatoms. The fourth-order valence-corrected chi connectivity index (χ4v) is 4.62. The van der Waals surface area contributed by atoms with Crippen molar-refractivity contribution < 1.29 is 32.6 Å². The number of hydrogen-bond donors (Lipinski definition) is 0. The zero-order chi connectivity index (χ0) is 27.3. The molecule has 0 rings (SSSR count). The zero-order valence-corrected chi connectivity index (χ0v) is 25.1. The highest BCUT2D eigenvalue weighted by atomic mass is 32.9. The van der Waals surface area contributed by atoms with Gasteiger partial charge in [0.25, 0.3) is 0 Å². The molecule has 0 saturated carbocycles. The van der Waals surface area contributed by atoms with E-state index in [-0.39, 0.29) is 25.2 Å². The summed E-state index contributed by atoms with van der Waals surface area (Å²) in [5.74, 6) is -0.673. The van der Waals surface area contributed by atoms with Crippen LogP contribution in [-0.2, 0) is 52.2 Å². The number of carbonyl (C=O) groups excluding carboxylic acids is 2. The first-order valence-electron chi connectivity index (χ1n) is 13.0. The molecule has 0 amide bonds. The van der Waals surface area contributed by atoms with E-state index in [1.807, 2.05) is 33.3 Å². The Morgan fingerprint density at radius 3 is 1.92 bits per heavy atom. The second-order valence-corrected chi connectivity index (χ2v) is 14.9. The minimum Gasteiger partial charge on any atom is -0.691 e. The van der Waals surface area contributed by atoms with Gasteiger partial charge < -0.3 is 35.3 Å². The van der Waals surface area contributed by atoms with E-state index in [2.05, 4.69) is 13.2 Å². The van der Waals surface area contributed by atoms with E-state index in [1.165, 1.54) is 0 Å². The normalized spacial score (nSPS) is 14.0. The average molecular weight is 566 g/mol. The fraction of sp³-hybridized carbons (Fsp3) is 0.769. The Kier molecular flexibility index (Phi) is 20.8. The lowest BCUT2D eigenvalue weighted by molar-refractivity contribution is -0.870. The van der Waals surface area contributed by atoms with Gasteiger partial charge in [0.05, 0.1) is 33.4 Å². The number of ether oxygens (including phenoxy) is 2. The van der Waals surface area contributed by atoms with Gasteiger partial charge in [-0.15, -0.1) is 13.2 Å². The summed E-state index contributed by atoms with van der Waals surface area (Å²) >= 11 is 10.7. The predicted octanol–water partition coefficient (Wildman–Crippen LogP) is 6.01. The number of esters is 2. The third-order valence-electron chi connectivity index (χ3n) is 5.24. The fourth-order valence-electron chi connectivity index (χ4n) is 3.08. The van der Waals surface area contributed by atoms with Crippen molar-refractivity contribution in [3.63, 3.8) is 0 Å². The number of quaternary nitrogens is 1. The second-order valence-electron chi connectivity index (χ2n) is 9.87. The van der Waals surface area contributed by atoms with Crippen LogP contribution in [0.2, 0.25) is 0 Å². The van der Waals surface area contributed by atoms with Crippen LogP contribution in [-0.4, -0.2) is 70.0 Å². The van der Waals surface area contributed by atoms with E-state index in [0.717, 1.165) is 70.8 Å². The lowest BCUT2D eigenvalue weighted by atomic mass is 10.1.